The molecule has 3 heterocycles. The molecule has 3 aromatic heterocycles. The highest BCUT2D eigenvalue weighted by Crippen LogP contribution is 2.40. The molecule has 3 nitrogen and oxygen atoms in total. The molecule has 144 valence electrons. The summed E-state index contributed by atoms with van der Waals surface area (Å²) < 4.78 is 56.5. The van der Waals surface area contributed by atoms with Crippen LogP contribution in [0.25, 0.3) is 27.3 Å². The van der Waals surface area contributed by atoms with Gasteiger partial charge in [-0.25, -0.2) is 14.1 Å². The lowest BCUT2D eigenvalue weighted by atomic mass is 10.0. The van der Waals surface area contributed by atoms with Crippen LogP contribution in [0, 0.1) is 5.82 Å². The molecular weight excluding hydrogens is 390 g/mol. The van der Waals surface area contributed by atoms with Gasteiger partial charge in [0.25, 0.3) is 0 Å². The van der Waals surface area contributed by atoms with Gasteiger partial charge in [0.15, 0.2) is 5.65 Å². The third-order valence-corrected chi connectivity index (χ3v) is 5.25. The molecule has 4 rings (SSSR count). The predicted molar refractivity (Wildman–Crippen MR) is 101 cm³/mol. The number of nitrogens with zero attached hydrogens (tertiary/aromatic N) is 3. The molecule has 0 aliphatic rings. The fourth-order valence-corrected chi connectivity index (χ4v) is 3.77. The highest BCUT2D eigenvalue weighted by atomic mass is 32.1. The molecule has 4 aromatic rings. The van der Waals surface area contributed by atoms with Gasteiger partial charge in [-0.05, 0) is 47.7 Å². The van der Waals surface area contributed by atoms with Gasteiger partial charge < -0.3 is 0 Å². The minimum absolute atomic E-state index is 0.0212. The highest BCUT2D eigenvalue weighted by molar-refractivity contribution is 7.13. The molecular formula is C20H15F4N3S. The third-order valence-electron chi connectivity index (χ3n) is 4.36. The van der Waals surface area contributed by atoms with Crippen molar-refractivity contribution in [2.45, 2.75) is 25.9 Å². The van der Waals surface area contributed by atoms with E-state index in [1.807, 2.05) is 0 Å². The van der Waals surface area contributed by atoms with Crippen LogP contribution in [0.1, 0.15) is 31.0 Å². The summed E-state index contributed by atoms with van der Waals surface area (Å²) in [7, 11) is 0. The Kier molecular flexibility index (Phi) is 4.45. The lowest BCUT2D eigenvalue weighted by molar-refractivity contribution is -0.136. The first-order valence-electron chi connectivity index (χ1n) is 8.56. The maximum atomic E-state index is 13.9. The Morgan fingerprint density at radius 3 is 2.36 bits per heavy atom. The Labute approximate surface area is 162 Å². The van der Waals surface area contributed by atoms with Gasteiger partial charge in [0.05, 0.1) is 32.9 Å². The van der Waals surface area contributed by atoms with Crippen LogP contribution in [0.3, 0.4) is 0 Å². The zero-order chi connectivity index (χ0) is 20.1. The Hall–Kier alpha value is -2.74. The molecule has 0 aliphatic heterocycles. The molecule has 0 aliphatic carbocycles. The summed E-state index contributed by atoms with van der Waals surface area (Å²) in [6, 6.07) is 9.99. The van der Waals surface area contributed by atoms with Crippen LogP contribution >= 0.6 is 11.3 Å². The van der Waals surface area contributed by atoms with Crippen molar-refractivity contribution < 1.29 is 17.6 Å². The maximum Gasteiger partial charge on any atom is 0.417 e. The van der Waals surface area contributed by atoms with Gasteiger partial charge >= 0.3 is 6.18 Å². The van der Waals surface area contributed by atoms with E-state index in [4.69, 9.17) is 0 Å². The minimum atomic E-state index is -4.56. The molecule has 1 aromatic carbocycles. The second-order valence-corrected chi connectivity index (χ2v) is 7.60. The van der Waals surface area contributed by atoms with Gasteiger partial charge in [-0.2, -0.15) is 18.3 Å². The van der Waals surface area contributed by atoms with Gasteiger partial charge in [0.2, 0.25) is 0 Å². The van der Waals surface area contributed by atoms with E-state index in [1.165, 1.54) is 40.3 Å². The molecule has 0 radical (unpaired) electrons. The van der Waals surface area contributed by atoms with E-state index in [-0.39, 0.29) is 22.6 Å². The summed E-state index contributed by atoms with van der Waals surface area (Å²) in [6.45, 7) is 3.56. The van der Waals surface area contributed by atoms with E-state index in [0.717, 1.165) is 6.07 Å². The summed E-state index contributed by atoms with van der Waals surface area (Å²) in [5.74, 6) is -0.688. The molecule has 0 saturated heterocycles. The zero-order valence-electron chi connectivity index (χ0n) is 15.0. The van der Waals surface area contributed by atoms with Gasteiger partial charge in [0, 0.05) is 0 Å². The number of alkyl halides is 3. The van der Waals surface area contributed by atoms with Gasteiger partial charge in [-0.15, -0.1) is 11.3 Å². The molecule has 0 spiro atoms. The number of hydrogen-bond acceptors (Lipinski definition) is 3. The van der Waals surface area contributed by atoms with E-state index in [9.17, 15) is 17.6 Å². The lowest BCUT2D eigenvalue weighted by Crippen LogP contribution is -2.08. The maximum absolute atomic E-state index is 13.9. The molecule has 0 unspecified atom stereocenters. The van der Waals surface area contributed by atoms with E-state index in [2.05, 4.69) is 10.1 Å². The quantitative estimate of drug-likeness (QED) is 0.368. The number of halogens is 4. The van der Waals surface area contributed by atoms with Crippen molar-refractivity contribution in [2.75, 3.05) is 0 Å². The SMILES string of the molecule is CC(C)c1nn(-c2ccc(F)cc2)c2nc(-c3cccs3)cc(C(F)(F)F)c12. The summed E-state index contributed by atoms with van der Waals surface area (Å²) in [5, 5.41) is 6.18. The Morgan fingerprint density at radius 2 is 1.79 bits per heavy atom. The van der Waals surface area contributed by atoms with Crippen LogP contribution < -0.4 is 0 Å². The monoisotopic (exact) mass is 405 g/mol. The first-order valence-corrected chi connectivity index (χ1v) is 9.44. The average molecular weight is 405 g/mol. The Balaban J connectivity index is 2.11. The summed E-state index contributed by atoms with van der Waals surface area (Å²) >= 11 is 1.31. The van der Waals surface area contributed by atoms with Gasteiger partial charge in [-0.3, -0.25) is 0 Å². The van der Waals surface area contributed by atoms with E-state index in [0.29, 0.717) is 16.3 Å². The number of fused-ring (bicyclic) bond motifs is 1. The van der Waals surface area contributed by atoms with E-state index < -0.39 is 17.6 Å². The van der Waals surface area contributed by atoms with Crippen molar-refractivity contribution in [2.24, 2.45) is 0 Å². The number of pyridine rings is 1. The van der Waals surface area contributed by atoms with Crippen molar-refractivity contribution in [1.82, 2.24) is 14.8 Å². The molecule has 28 heavy (non-hydrogen) atoms. The number of hydrogen-bond donors (Lipinski definition) is 0. The average Bonchev–Trinajstić information content (AvgIpc) is 3.28. The van der Waals surface area contributed by atoms with Crippen molar-refractivity contribution in [3.63, 3.8) is 0 Å². The fraction of sp³-hybridized carbons (Fsp3) is 0.200. The van der Waals surface area contributed by atoms with Crippen LogP contribution in [0.5, 0.6) is 0 Å². The van der Waals surface area contributed by atoms with E-state index >= 15 is 0 Å². The standard InChI is InChI=1S/C20H15F4N3S/c1-11(2)18-17-14(20(22,23)24)10-15(16-4-3-9-28-16)25-19(17)27(26-18)13-7-5-12(21)6-8-13/h3-11H,1-2H3. The smallest absolute Gasteiger partial charge is 0.227 e. The third kappa shape index (κ3) is 3.17. The molecule has 0 fully saturated rings. The van der Waals surface area contributed by atoms with Crippen LogP contribution in [-0.4, -0.2) is 14.8 Å². The summed E-state index contributed by atoms with van der Waals surface area (Å²) in [4.78, 5) is 5.14. The largest absolute Gasteiger partial charge is 0.417 e. The summed E-state index contributed by atoms with van der Waals surface area (Å²) in [5.41, 5.74) is 0.319. The Morgan fingerprint density at radius 1 is 1.07 bits per heavy atom. The van der Waals surface area contributed by atoms with Crippen molar-refractivity contribution in [3.05, 3.63) is 64.9 Å². The zero-order valence-corrected chi connectivity index (χ0v) is 15.8. The van der Waals surface area contributed by atoms with Crippen LogP contribution in [-0.2, 0) is 6.18 Å². The van der Waals surface area contributed by atoms with Crippen molar-refractivity contribution >= 4 is 22.4 Å². The van der Waals surface area contributed by atoms with Crippen molar-refractivity contribution in [1.29, 1.82) is 0 Å². The molecule has 0 saturated carbocycles. The number of benzene rings is 1. The topological polar surface area (TPSA) is 30.7 Å². The first-order chi connectivity index (χ1) is 13.3. The molecule has 8 heteroatoms. The lowest BCUT2D eigenvalue weighted by Gasteiger charge is -2.12. The van der Waals surface area contributed by atoms with Gasteiger partial charge in [-0.1, -0.05) is 19.9 Å². The number of rotatable bonds is 3. The molecule has 0 bridgehead atoms. The van der Waals surface area contributed by atoms with Crippen LogP contribution in [0.4, 0.5) is 17.6 Å². The summed E-state index contributed by atoms with van der Waals surface area (Å²) in [6.07, 6.45) is -4.56. The second kappa shape index (κ2) is 6.70. The predicted octanol–water partition coefficient (Wildman–Crippen LogP) is 6.43. The number of aromatic nitrogens is 3. The fourth-order valence-electron chi connectivity index (χ4n) is 3.08. The Bertz CT molecular complexity index is 1130. The first kappa shape index (κ1) is 18.6. The minimum Gasteiger partial charge on any atom is -0.227 e. The highest BCUT2D eigenvalue weighted by Gasteiger charge is 2.36. The van der Waals surface area contributed by atoms with E-state index in [1.54, 1.807) is 31.4 Å². The van der Waals surface area contributed by atoms with Gasteiger partial charge in [0.1, 0.15) is 5.82 Å². The molecule has 0 N–H and O–H groups in total. The van der Waals surface area contributed by atoms with Crippen LogP contribution in [0.2, 0.25) is 0 Å². The molecule has 0 atom stereocenters. The van der Waals surface area contributed by atoms with Crippen LogP contribution in [0.15, 0.2) is 47.8 Å². The second-order valence-electron chi connectivity index (χ2n) is 6.66. The van der Waals surface area contributed by atoms with Crippen molar-refractivity contribution in [3.8, 4) is 16.3 Å². The number of thiophene rings is 1. The normalized spacial score (nSPS) is 12.2. The molecule has 0 amide bonds.